The number of ketones is 1. The molecular weight excluding hydrogens is 334 g/mol. The van der Waals surface area contributed by atoms with Crippen LogP contribution in [0.5, 0.6) is 0 Å². The first-order chi connectivity index (χ1) is 12.3. The number of Topliss-reactive ketones (excluding diaryl/α,β-unsaturated/α-hetero) is 1. The lowest BCUT2D eigenvalue weighted by Crippen LogP contribution is -2.49. The number of hydrogen-bond acceptors (Lipinski definition) is 5. The first kappa shape index (κ1) is 19.3. The topological polar surface area (TPSA) is 72.9 Å². The maximum absolute atomic E-state index is 12.9. The lowest BCUT2D eigenvalue weighted by Gasteiger charge is -2.38. The van der Waals surface area contributed by atoms with E-state index in [1.807, 2.05) is 0 Å². The first-order valence-corrected chi connectivity index (χ1v) is 10.0. The summed E-state index contributed by atoms with van der Waals surface area (Å²) in [4.78, 5) is 39.5. The average Bonchev–Trinajstić information content (AvgIpc) is 2.87. The van der Waals surface area contributed by atoms with Gasteiger partial charge in [-0.2, -0.15) is 0 Å². The van der Waals surface area contributed by atoms with Crippen molar-refractivity contribution < 1.29 is 23.9 Å². The molecule has 2 amide bonds. The van der Waals surface area contributed by atoms with Crippen molar-refractivity contribution in [1.29, 1.82) is 0 Å². The largest absolute Gasteiger partial charge is 0.443 e. The van der Waals surface area contributed by atoms with Gasteiger partial charge in [0, 0.05) is 6.61 Å². The van der Waals surface area contributed by atoms with E-state index in [9.17, 15) is 14.4 Å². The molecule has 3 rings (SSSR count). The van der Waals surface area contributed by atoms with E-state index in [0.29, 0.717) is 6.61 Å². The molecule has 2 saturated heterocycles. The highest BCUT2D eigenvalue weighted by Crippen LogP contribution is 2.41. The van der Waals surface area contributed by atoms with Gasteiger partial charge in [0.15, 0.2) is 0 Å². The molecule has 3 fully saturated rings. The number of carbonyl (C=O) groups is 3. The molecule has 0 aromatic heterocycles. The SMILES string of the molecule is CC(C)(C)OC(=O)N1C(=O)C(=O)C([C@@H]2CCCCO2)[C@@H]1C1CCCCC1. The molecule has 3 aliphatic rings. The number of nitrogens with zero attached hydrogens (tertiary/aromatic N) is 1. The van der Waals surface area contributed by atoms with Gasteiger partial charge in [-0.05, 0) is 58.8 Å². The predicted octanol–water partition coefficient (Wildman–Crippen LogP) is 3.47. The second-order valence-corrected chi connectivity index (χ2v) is 8.84. The lowest BCUT2D eigenvalue weighted by molar-refractivity contribution is -0.142. The monoisotopic (exact) mass is 365 g/mol. The summed E-state index contributed by atoms with van der Waals surface area (Å²) in [5.41, 5.74) is -0.711. The van der Waals surface area contributed by atoms with Crippen LogP contribution in [0.15, 0.2) is 0 Å². The molecule has 0 N–H and O–H groups in total. The third-order valence-electron chi connectivity index (χ3n) is 5.74. The highest BCUT2D eigenvalue weighted by Gasteiger charge is 2.56. The molecule has 1 unspecified atom stereocenters. The van der Waals surface area contributed by atoms with Crippen LogP contribution < -0.4 is 0 Å². The zero-order valence-electron chi connectivity index (χ0n) is 16.2. The molecule has 0 spiro atoms. The summed E-state index contributed by atoms with van der Waals surface area (Å²) in [5, 5.41) is 0. The van der Waals surface area contributed by atoms with Crippen molar-refractivity contribution >= 4 is 17.8 Å². The van der Waals surface area contributed by atoms with Crippen LogP contribution in [0.3, 0.4) is 0 Å². The van der Waals surface area contributed by atoms with Gasteiger partial charge >= 0.3 is 6.09 Å². The number of likely N-dealkylation sites (tertiary alicyclic amines) is 1. The summed E-state index contributed by atoms with van der Waals surface area (Å²) in [5.74, 6) is -1.58. The van der Waals surface area contributed by atoms with E-state index in [1.54, 1.807) is 20.8 Å². The van der Waals surface area contributed by atoms with Gasteiger partial charge in [0.2, 0.25) is 5.78 Å². The smallest absolute Gasteiger partial charge is 0.417 e. The van der Waals surface area contributed by atoms with Gasteiger partial charge in [-0.15, -0.1) is 0 Å². The number of rotatable bonds is 2. The van der Waals surface area contributed by atoms with Gasteiger partial charge in [-0.1, -0.05) is 19.3 Å². The first-order valence-electron chi connectivity index (χ1n) is 10.0. The Kier molecular flexibility index (Phi) is 5.70. The standard InChI is InChI=1S/C20H31NO5/c1-20(2,3)26-19(24)21-16(13-9-5-4-6-10-13)15(17(22)18(21)23)14-11-7-8-12-25-14/h13-16H,4-12H2,1-3H3/t14-,15?,16-/m0/s1. The summed E-state index contributed by atoms with van der Waals surface area (Å²) in [6, 6.07) is -0.423. The molecule has 2 aliphatic heterocycles. The molecule has 1 aliphatic carbocycles. The Balaban J connectivity index is 1.91. The molecule has 0 aromatic rings. The summed E-state index contributed by atoms with van der Waals surface area (Å²) in [6.45, 7) is 5.92. The highest BCUT2D eigenvalue weighted by atomic mass is 16.6. The fraction of sp³-hybridized carbons (Fsp3) is 0.850. The number of hydrogen-bond donors (Lipinski definition) is 0. The molecule has 146 valence electrons. The maximum Gasteiger partial charge on any atom is 0.417 e. The molecule has 6 nitrogen and oxygen atoms in total. The molecule has 26 heavy (non-hydrogen) atoms. The van der Waals surface area contributed by atoms with Crippen LogP contribution in [0.2, 0.25) is 0 Å². The van der Waals surface area contributed by atoms with Crippen LogP contribution in [-0.4, -0.2) is 47.0 Å². The van der Waals surface area contributed by atoms with E-state index < -0.39 is 35.3 Å². The predicted molar refractivity (Wildman–Crippen MR) is 95.5 cm³/mol. The minimum atomic E-state index is -0.714. The van der Waals surface area contributed by atoms with Crippen molar-refractivity contribution in [1.82, 2.24) is 4.90 Å². The van der Waals surface area contributed by atoms with Gasteiger partial charge in [-0.25, -0.2) is 9.69 Å². The second kappa shape index (κ2) is 7.67. The third-order valence-corrected chi connectivity index (χ3v) is 5.74. The van der Waals surface area contributed by atoms with Gasteiger partial charge in [0.25, 0.3) is 5.91 Å². The molecule has 0 aromatic carbocycles. The minimum Gasteiger partial charge on any atom is -0.443 e. The number of amides is 2. The third kappa shape index (κ3) is 3.95. The Morgan fingerprint density at radius 3 is 2.27 bits per heavy atom. The maximum atomic E-state index is 12.9. The van der Waals surface area contributed by atoms with E-state index in [4.69, 9.17) is 9.47 Å². The van der Waals surface area contributed by atoms with Gasteiger partial charge < -0.3 is 9.47 Å². The van der Waals surface area contributed by atoms with Crippen molar-refractivity contribution in [3.05, 3.63) is 0 Å². The zero-order valence-corrected chi connectivity index (χ0v) is 16.2. The van der Waals surface area contributed by atoms with E-state index in [-0.39, 0.29) is 12.0 Å². The number of imide groups is 1. The quantitative estimate of drug-likeness (QED) is 0.701. The molecule has 6 heteroatoms. The fourth-order valence-corrected chi connectivity index (χ4v) is 4.65. The summed E-state index contributed by atoms with van der Waals surface area (Å²) in [6.07, 6.45) is 6.98. The fourth-order valence-electron chi connectivity index (χ4n) is 4.65. The van der Waals surface area contributed by atoms with Crippen LogP contribution in [-0.2, 0) is 19.1 Å². The van der Waals surface area contributed by atoms with Crippen LogP contribution >= 0.6 is 0 Å². The van der Waals surface area contributed by atoms with E-state index in [1.165, 1.54) is 6.42 Å². The van der Waals surface area contributed by atoms with Gasteiger partial charge in [0.05, 0.1) is 18.1 Å². The number of ether oxygens (including phenoxy) is 2. The van der Waals surface area contributed by atoms with Crippen LogP contribution in [0, 0.1) is 11.8 Å². The van der Waals surface area contributed by atoms with Gasteiger partial charge in [-0.3, -0.25) is 9.59 Å². The Morgan fingerprint density at radius 1 is 1.04 bits per heavy atom. The number of carbonyl (C=O) groups excluding carboxylic acids is 3. The zero-order chi connectivity index (χ0) is 18.9. The Bertz CT molecular complexity index is 555. The molecule has 0 bridgehead atoms. The summed E-state index contributed by atoms with van der Waals surface area (Å²) in [7, 11) is 0. The van der Waals surface area contributed by atoms with E-state index >= 15 is 0 Å². The molecule has 0 radical (unpaired) electrons. The highest BCUT2D eigenvalue weighted by molar-refractivity contribution is 6.41. The van der Waals surface area contributed by atoms with Gasteiger partial charge in [0.1, 0.15) is 5.60 Å². The molecule has 1 saturated carbocycles. The summed E-state index contributed by atoms with van der Waals surface area (Å²) >= 11 is 0. The molecular formula is C20H31NO5. The van der Waals surface area contributed by atoms with E-state index in [0.717, 1.165) is 49.8 Å². The molecule has 3 atom stereocenters. The molecule has 2 heterocycles. The van der Waals surface area contributed by atoms with Crippen molar-refractivity contribution in [3.63, 3.8) is 0 Å². The minimum absolute atomic E-state index is 0.155. The van der Waals surface area contributed by atoms with Crippen LogP contribution in [0.4, 0.5) is 4.79 Å². The van der Waals surface area contributed by atoms with E-state index in [2.05, 4.69) is 0 Å². The van der Waals surface area contributed by atoms with Crippen molar-refractivity contribution in [2.75, 3.05) is 6.61 Å². The van der Waals surface area contributed by atoms with Crippen molar-refractivity contribution in [3.8, 4) is 0 Å². The lowest BCUT2D eigenvalue weighted by atomic mass is 9.76. The Morgan fingerprint density at radius 2 is 1.69 bits per heavy atom. The Labute approximate surface area is 155 Å². The normalized spacial score (nSPS) is 31.3. The van der Waals surface area contributed by atoms with Crippen molar-refractivity contribution in [2.24, 2.45) is 11.8 Å². The average molecular weight is 365 g/mol. The Hall–Kier alpha value is -1.43. The second-order valence-electron chi connectivity index (χ2n) is 8.84. The van der Waals surface area contributed by atoms with Crippen LogP contribution in [0.25, 0.3) is 0 Å². The van der Waals surface area contributed by atoms with Crippen molar-refractivity contribution in [2.45, 2.75) is 89.9 Å². The van der Waals surface area contributed by atoms with Crippen LogP contribution in [0.1, 0.15) is 72.1 Å². The summed E-state index contributed by atoms with van der Waals surface area (Å²) < 4.78 is 11.3.